The number of carbonyl (C=O) groups excluding carboxylic acids is 2. The summed E-state index contributed by atoms with van der Waals surface area (Å²) in [5, 5.41) is 16.8. The number of nitrogens with zero attached hydrogens (tertiary/aromatic N) is 7. The topological polar surface area (TPSA) is 181 Å². The second-order valence-corrected chi connectivity index (χ2v) is 16.3. The third kappa shape index (κ3) is 6.63. The van der Waals surface area contributed by atoms with Crippen LogP contribution in [-0.4, -0.2) is 79.8 Å². The summed E-state index contributed by atoms with van der Waals surface area (Å²) in [6.07, 6.45) is -3.57. The number of aromatic nitrogens is 5. The van der Waals surface area contributed by atoms with Crippen LogP contribution in [0.1, 0.15) is 59.6 Å². The molecule has 2 saturated heterocycles. The first-order valence-electron chi connectivity index (χ1n) is 17.6. The molecule has 1 spiro atoms. The number of anilines is 2. The van der Waals surface area contributed by atoms with Crippen LogP contribution in [-0.2, 0) is 37.9 Å². The van der Waals surface area contributed by atoms with Crippen molar-refractivity contribution in [3.8, 4) is 17.1 Å². The smallest absolute Gasteiger partial charge is 0.416 e. The molecule has 0 bridgehead atoms. The van der Waals surface area contributed by atoms with Crippen LogP contribution < -0.4 is 15.2 Å². The molecule has 3 aromatic heterocycles. The standard InChI is InChI=1S/C36H31ClF4N8O7S/c1-19-30-28(35(56-19)9-13-46(14-10-35)33(53)29-26(50)4-2-11-42-29)32(52)49-34(47(30)18-27(51)43-24-7-6-21(17-22(24)37)36(39,40)41)44-31(45-49)20-5-8-25(23(38)16-20)48-12-3-15-57(48,54)55/h2,4-8,11,16-17,19,50H,3,9-10,12-15,18H2,1H3,(H,43,51)/t19-/m1/s1. The highest BCUT2D eigenvalue weighted by Crippen LogP contribution is 2.48. The molecule has 2 N–H and O–H groups in total. The Balaban J connectivity index is 1.19. The largest absolute Gasteiger partial charge is 0.505 e. The molecule has 0 unspecified atom stereocenters. The fourth-order valence-electron chi connectivity index (χ4n) is 7.69. The Hall–Kier alpha value is -5.60. The number of amides is 2. The molecule has 57 heavy (non-hydrogen) atoms. The number of hydrogen-bond acceptors (Lipinski definition) is 10. The number of likely N-dealkylation sites (tertiary alicyclic amines) is 1. The second-order valence-electron chi connectivity index (χ2n) is 13.9. The molecule has 8 rings (SSSR count). The Morgan fingerprint density at radius 3 is 2.51 bits per heavy atom. The zero-order valence-electron chi connectivity index (χ0n) is 29.8. The fraction of sp³-hybridized carbons (Fsp3) is 0.333. The van der Waals surface area contributed by atoms with Gasteiger partial charge in [0.1, 0.15) is 23.7 Å². The normalized spacial score (nSPS) is 18.7. The number of nitrogens with one attached hydrogen (secondary N) is 1. The van der Waals surface area contributed by atoms with Gasteiger partial charge in [-0.3, -0.25) is 18.7 Å². The molecular formula is C36H31ClF4N8O7S. The van der Waals surface area contributed by atoms with Crippen LogP contribution in [0.15, 0.2) is 59.5 Å². The predicted molar refractivity (Wildman–Crippen MR) is 196 cm³/mol. The number of halogens is 5. The van der Waals surface area contributed by atoms with Gasteiger partial charge >= 0.3 is 6.18 Å². The maximum Gasteiger partial charge on any atom is 0.416 e. The quantitative estimate of drug-likeness (QED) is 0.224. The van der Waals surface area contributed by atoms with Crippen LogP contribution in [0.25, 0.3) is 17.2 Å². The molecule has 0 radical (unpaired) electrons. The zero-order valence-corrected chi connectivity index (χ0v) is 31.3. The molecule has 2 amide bonds. The minimum absolute atomic E-state index is 0.0896. The molecule has 3 aliphatic rings. The van der Waals surface area contributed by atoms with E-state index in [-0.39, 0.29) is 94.5 Å². The lowest BCUT2D eigenvalue weighted by atomic mass is 9.85. The lowest BCUT2D eigenvalue weighted by molar-refractivity contribution is -0.137. The number of aromatic hydroxyl groups is 1. The first kappa shape index (κ1) is 38.3. The minimum Gasteiger partial charge on any atom is -0.505 e. The number of benzene rings is 2. The molecule has 1 atom stereocenters. The molecule has 21 heteroatoms. The summed E-state index contributed by atoms with van der Waals surface area (Å²) in [6, 6.07) is 8.99. The third-order valence-electron chi connectivity index (χ3n) is 10.3. The third-order valence-corrected chi connectivity index (χ3v) is 12.5. The van der Waals surface area contributed by atoms with Crippen molar-refractivity contribution in [2.45, 2.75) is 50.6 Å². The summed E-state index contributed by atoms with van der Waals surface area (Å²) in [6.45, 7) is 1.38. The summed E-state index contributed by atoms with van der Waals surface area (Å²) in [4.78, 5) is 51.5. The lowest BCUT2D eigenvalue weighted by Crippen LogP contribution is -2.47. The summed E-state index contributed by atoms with van der Waals surface area (Å²) in [7, 11) is -3.70. The van der Waals surface area contributed by atoms with Gasteiger partial charge in [0, 0.05) is 31.4 Å². The molecule has 0 aliphatic carbocycles. The number of alkyl halides is 3. The van der Waals surface area contributed by atoms with Gasteiger partial charge in [0.15, 0.2) is 11.5 Å². The SMILES string of the molecule is C[C@H]1OC2(CCN(C(=O)c3ncccc3O)CC2)c2c1n(CC(=O)Nc1ccc(C(F)(F)F)cc1Cl)c1nc(-c3ccc(N4CCCS4(=O)=O)c(F)c3)nn1c2=O. The summed E-state index contributed by atoms with van der Waals surface area (Å²) >= 11 is 6.12. The first-order valence-corrected chi connectivity index (χ1v) is 19.6. The first-order chi connectivity index (χ1) is 27.0. The Labute approximate surface area is 325 Å². The van der Waals surface area contributed by atoms with Crippen molar-refractivity contribution in [3.05, 3.63) is 98.4 Å². The zero-order chi connectivity index (χ0) is 40.6. The van der Waals surface area contributed by atoms with E-state index in [0.29, 0.717) is 12.5 Å². The van der Waals surface area contributed by atoms with Crippen LogP contribution in [0.3, 0.4) is 0 Å². The maximum absolute atomic E-state index is 15.5. The van der Waals surface area contributed by atoms with Crippen molar-refractivity contribution in [1.29, 1.82) is 0 Å². The van der Waals surface area contributed by atoms with Gasteiger partial charge in [0.05, 0.1) is 45.1 Å². The fourth-order valence-corrected chi connectivity index (χ4v) is 9.49. The van der Waals surface area contributed by atoms with Gasteiger partial charge in [-0.25, -0.2) is 17.8 Å². The maximum atomic E-state index is 15.5. The molecule has 298 valence electrons. The van der Waals surface area contributed by atoms with E-state index in [1.165, 1.54) is 39.9 Å². The van der Waals surface area contributed by atoms with Crippen molar-refractivity contribution >= 4 is 50.6 Å². The van der Waals surface area contributed by atoms with E-state index in [0.717, 1.165) is 27.0 Å². The Morgan fingerprint density at radius 1 is 1.11 bits per heavy atom. The Kier molecular flexibility index (Phi) is 9.27. The molecule has 15 nitrogen and oxygen atoms in total. The van der Waals surface area contributed by atoms with Crippen molar-refractivity contribution in [3.63, 3.8) is 0 Å². The van der Waals surface area contributed by atoms with E-state index in [1.807, 2.05) is 0 Å². The molecule has 2 aromatic carbocycles. The molecule has 0 saturated carbocycles. The Morgan fingerprint density at radius 2 is 1.86 bits per heavy atom. The van der Waals surface area contributed by atoms with Gasteiger partial charge in [-0.15, -0.1) is 5.10 Å². The number of sulfonamides is 1. The van der Waals surface area contributed by atoms with Gasteiger partial charge < -0.3 is 24.6 Å². The molecular weight excluding hydrogens is 800 g/mol. The number of ether oxygens (including phenoxy) is 1. The Bertz CT molecular complexity index is 2660. The van der Waals surface area contributed by atoms with Crippen LogP contribution in [0.4, 0.5) is 28.9 Å². The molecule has 6 heterocycles. The monoisotopic (exact) mass is 830 g/mol. The molecule has 5 aromatic rings. The van der Waals surface area contributed by atoms with Crippen molar-refractivity contribution in [2.75, 3.05) is 35.0 Å². The number of carbonyl (C=O) groups is 2. The minimum atomic E-state index is -4.68. The van der Waals surface area contributed by atoms with Gasteiger partial charge in [0.25, 0.3) is 11.5 Å². The van der Waals surface area contributed by atoms with E-state index in [9.17, 15) is 41.1 Å². The predicted octanol–water partition coefficient (Wildman–Crippen LogP) is 4.87. The number of hydrogen-bond donors (Lipinski definition) is 2. The van der Waals surface area contributed by atoms with Gasteiger partial charge in [-0.1, -0.05) is 11.6 Å². The number of fused-ring (bicyclic) bond motifs is 3. The van der Waals surface area contributed by atoms with Gasteiger partial charge in [0.2, 0.25) is 21.7 Å². The second kappa shape index (κ2) is 13.8. The van der Waals surface area contributed by atoms with E-state index >= 15 is 4.39 Å². The van der Waals surface area contributed by atoms with Crippen molar-refractivity contribution in [1.82, 2.24) is 29.0 Å². The summed E-state index contributed by atoms with van der Waals surface area (Å²) in [5.74, 6) is -2.87. The lowest BCUT2D eigenvalue weighted by Gasteiger charge is -2.39. The number of pyridine rings is 1. The van der Waals surface area contributed by atoms with Crippen LogP contribution in [0.5, 0.6) is 5.75 Å². The molecule has 3 aliphatic heterocycles. The number of piperidine rings is 1. The van der Waals surface area contributed by atoms with Gasteiger partial charge in [-0.05, 0) is 74.7 Å². The van der Waals surface area contributed by atoms with Crippen LogP contribution in [0, 0.1) is 5.82 Å². The van der Waals surface area contributed by atoms with Crippen molar-refractivity contribution < 1.29 is 45.4 Å². The summed E-state index contributed by atoms with van der Waals surface area (Å²) < 4.78 is 90.2. The van der Waals surface area contributed by atoms with E-state index in [1.54, 1.807) is 6.92 Å². The average molecular weight is 831 g/mol. The average Bonchev–Trinajstić information content (AvgIpc) is 3.84. The highest BCUT2D eigenvalue weighted by molar-refractivity contribution is 7.93. The van der Waals surface area contributed by atoms with E-state index in [2.05, 4.69) is 20.4 Å². The number of rotatable bonds is 6. The highest BCUT2D eigenvalue weighted by Gasteiger charge is 2.51. The van der Waals surface area contributed by atoms with Gasteiger partial charge in [-0.2, -0.15) is 22.7 Å². The summed E-state index contributed by atoms with van der Waals surface area (Å²) in [5.41, 5.74) is -2.89. The van der Waals surface area contributed by atoms with Crippen LogP contribution >= 0.6 is 11.6 Å². The van der Waals surface area contributed by atoms with Crippen LogP contribution in [0.2, 0.25) is 5.02 Å². The van der Waals surface area contributed by atoms with E-state index < -0.39 is 63.2 Å². The molecule has 2 fully saturated rings. The van der Waals surface area contributed by atoms with E-state index in [4.69, 9.17) is 16.3 Å². The van der Waals surface area contributed by atoms with Crippen molar-refractivity contribution in [2.24, 2.45) is 0 Å². The highest BCUT2D eigenvalue weighted by atomic mass is 35.5.